The van der Waals surface area contributed by atoms with Crippen LogP contribution in [0.3, 0.4) is 0 Å². The average molecular weight is 262 g/mol. The van der Waals surface area contributed by atoms with E-state index in [1.807, 2.05) is 11.0 Å². The van der Waals surface area contributed by atoms with Gasteiger partial charge in [-0.15, -0.1) is 0 Å². The first-order valence-electron chi connectivity index (χ1n) is 3.07. The number of aromatic nitrogens is 2. The van der Waals surface area contributed by atoms with E-state index in [-0.39, 0.29) is 21.2 Å². The first kappa shape index (κ1) is 8.45. The molecule has 0 amide bonds. The van der Waals surface area contributed by atoms with Gasteiger partial charge in [0.1, 0.15) is 0 Å². The van der Waals surface area contributed by atoms with Gasteiger partial charge in [0.05, 0.1) is 0 Å². The predicted molar refractivity (Wildman–Crippen MR) is 40.1 cm³/mol. The molecule has 0 spiro atoms. The van der Waals surface area contributed by atoms with Crippen molar-refractivity contribution in [3.63, 3.8) is 0 Å². The first-order valence-corrected chi connectivity index (χ1v) is 5.39. The van der Waals surface area contributed by atoms with E-state index in [0.29, 0.717) is 5.82 Å². The number of halogens is 1. The Morgan fingerprint density at radius 3 is 3.00 bits per heavy atom. The third-order valence-corrected chi connectivity index (χ3v) is 3.36. The Morgan fingerprint density at radius 1 is 1.64 bits per heavy atom. The van der Waals surface area contributed by atoms with Gasteiger partial charge in [0.25, 0.3) is 0 Å². The number of anilines is 1. The second-order valence-corrected chi connectivity index (χ2v) is 4.46. The summed E-state index contributed by atoms with van der Waals surface area (Å²) in [6.45, 7) is 5.61. The van der Waals surface area contributed by atoms with Crippen molar-refractivity contribution in [3.05, 3.63) is 26.3 Å². The van der Waals surface area contributed by atoms with Crippen LogP contribution in [-0.4, -0.2) is 9.97 Å². The standard InChI is InChI=1S/C7H9IN3/c1-3-8-6-5(2)7(9)11-4-10-6/h3-4H,1H2,2H3,(H2,9,10,11)/q-1. The Hall–Kier alpha value is -0.650. The van der Waals surface area contributed by atoms with Crippen LogP contribution in [-0.2, 0) is 0 Å². The van der Waals surface area contributed by atoms with Crippen LogP contribution < -0.4 is 26.9 Å². The van der Waals surface area contributed by atoms with Crippen LogP contribution in [0.1, 0.15) is 5.56 Å². The van der Waals surface area contributed by atoms with Crippen molar-refractivity contribution in [1.29, 1.82) is 0 Å². The fourth-order valence-corrected chi connectivity index (χ4v) is 2.07. The molecule has 3 nitrogen and oxygen atoms in total. The molecule has 1 aromatic heterocycles. The maximum atomic E-state index is 5.58. The molecule has 11 heavy (non-hydrogen) atoms. The van der Waals surface area contributed by atoms with E-state index in [4.69, 9.17) is 5.73 Å². The van der Waals surface area contributed by atoms with Crippen LogP contribution in [0.15, 0.2) is 17.0 Å². The summed E-state index contributed by atoms with van der Waals surface area (Å²) in [5.41, 5.74) is 6.58. The molecule has 0 aliphatic heterocycles. The second-order valence-electron chi connectivity index (χ2n) is 1.94. The van der Waals surface area contributed by atoms with Crippen LogP contribution in [0.4, 0.5) is 5.82 Å². The van der Waals surface area contributed by atoms with Crippen molar-refractivity contribution < 1.29 is 21.2 Å². The Balaban J connectivity index is 3.05. The van der Waals surface area contributed by atoms with Gasteiger partial charge in [0.2, 0.25) is 0 Å². The molecule has 60 valence electrons. The molecule has 1 rings (SSSR count). The fraction of sp³-hybridized carbons (Fsp3) is 0.143. The zero-order valence-electron chi connectivity index (χ0n) is 6.21. The van der Waals surface area contributed by atoms with E-state index in [1.165, 1.54) is 6.33 Å². The zero-order valence-corrected chi connectivity index (χ0v) is 8.37. The third kappa shape index (κ3) is 1.89. The van der Waals surface area contributed by atoms with Crippen LogP contribution in [0.25, 0.3) is 0 Å². The summed E-state index contributed by atoms with van der Waals surface area (Å²) in [6.07, 6.45) is 1.50. The van der Waals surface area contributed by atoms with Crippen molar-refractivity contribution in [2.45, 2.75) is 6.92 Å². The van der Waals surface area contributed by atoms with Crippen molar-refractivity contribution in [2.24, 2.45) is 0 Å². The van der Waals surface area contributed by atoms with E-state index >= 15 is 0 Å². The number of nitrogen functional groups attached to an aromatic ring is 1. The number of rotatable bonds is 2. The molecule has 1 heterocycles. The zero-order chi connectivity index (χ0) is 8.27. The van der Waals surface area contributed by atoms with E-state index in [0.717, 1.165) is 9.26 Å². The average Bonchev–Trinajstić information content (AvgIpc) is 1.99. The SMILES string of the molecule is C=C[I-]c1ncnc(N)c1C. The Labute approximate surface area is 76.0 Å². The quantitative estimate of drug-likeness (QED) is 0.485. The third-order valence-electron chi connectivity index (χ3n) is 1.24. The topological polar surface area (TPSA) is 51.8 Å². The molecule has 4 heteroatoms. The van der Waals surface area contributed by atoms with Crippen molar-refractivity contribution in [1.82, 2.24) is 9.97 Å². The Morgan fingerprint density at radius 2 is 2.36 bits per heavy atom. The number of nitrogens with two attached hydrogens (primary N) is 1. The summed E-state index contributed by atoms with van der Waals surface area (Å²) in [4.78, 5) is 7.99. The molecule has 0 fully saturated rings. The van der Waals surface area contributed by atoms with Crippen molar-refractivity contribution in [2.75, 3.05) is 5.73 Å². The van der Waals surface area contributed by atoms with Gasteiger partial charge in [-0.05, 0) is 0 Å². The van der Waals surface area contributed by atoms with Gasteiger partial charge in [-0.2, -0.15) is 0 Å². The van der Waals surface area contributed by atoms with Gasteiger partial charge in [0.15, 0.2) is 0 Å². The fourth-order valence-electron chi connectivity index (χ4n) is 0.624. The molecule has 1 aromatic rings. The molecule has 0 radical (unpaired) electrons. The Kier molecular flexibility index (Phi) is 2.81. The monoisotopic (exact) mass is 262 g/mol. The van der Waals surface area contributed by atoms with Gasteiger partial charge in [-0.25, -0.2) is 0 Å². The number of nitrogens with zero attached hydrogens (tertiary/aromatic N) is 2. The molecular formula is C7H9IN3-. The van der Waals surface area contributed by atoms with Gasteiger partial charge in [0, 0.05) is 0 Å². The van der Waals surface area contributed by atoms with Gasteiger partial charge in [-0.1, -0.05) is 0 Å². The predicted octanol–water partition coefficient (Wildman–Crippen LogP) is -2.23. The normalized spacial score (nSPS) is 9.91. The van der Waals surface area contributed by atoms with Crippen LogP contribution in [0.2, 0.25) is 0 Å². The number of hydrogen-bond acceptors (Lipinski definition) is 3. The summed E-state index contributed by atoms with van der Waals surface area (Å²) >= 11 is -0.176. The number of hydrogen-bond donors (Lipinski definition) is 1. The van der Waals surface area contributed by atoms with E-state index in [1.54, 1.807) is 0 Å². The molecule has 2 N–H and O–H groups in total. The van der Waals surface area contributed by atoms with Crippen LogP contribution >= 0.6 is 0 Å². The Bertz CT molecular complexity index is 272. The molecule has 0 atom stereocenters. The first-order chi connectivity index (χ1) is 5.25. The minimum atomic E-state index is -0.176. The van der Waals surface area contributed by atoms with Crippen LogP contribution in [0, 0.1) is 10.6 Å². The van der Waals surface area contributed by atoms with Gasteiger partial charge in [-0.3, -0.25) is 0 Å². The minimum absolute atomic E-state index is 0.176. The van der Waals surface area contributed by atoms with E-state index < -0.39 is 0 Å². The molecule has 0 aliphatic rings. The summed E-state index contributed by atoms with van der Waals surface area (Å²) < 4.78 is 2.97. The van der Waals surface area contributed by atoms with Crippen molar-refractivity contribution in [3.8, 4) is 0 Å². The molecule has 0 aliphatic carbocycles. The summed E-state index contributed by atoms with van der Waals surface area (Å²) in [5, 5.41) is 0. The molecular weight excluding hydrogens is 253 g/mol. The molecule has 0 aromatic carbocycles. The summed E-state index contributed by atoms with van der Waals surface area (Å²) in [5.74, 6) is 0.580. The van der Waals surface area contributed by atoms with Crippen molar-refractivity contribution >= 4 is 5.82 Å². The van der Waals surface area contributed by atoms with Gasteiger partial charge < -0.3 is 0 Å². The molecule has 0 saturated heterocycles. The summed E-state index contributed by atoms with van der Waals surface area (Å²) in [7, 11) is 0. The molecule has 0 bridgehead atoms. The van der Waals surface area contributed by atoms with Gasteiger partial charge >= 0.3 is 75.9 Å². The maximum absolute atomic E-state index is 5.58. The molecule has 0 unspecified atom stereocenters. The van der Waals surface area contributed by atoms with Crippen LogP contribution in [0.5, 0.6) is 0 Å². The van der Waals surface area contributed by atoms with E-state index in [2.05, 4.69) is 16.5 Å². The summed E-state index contributed by atoms with van der Waals surface area (Å²) in [6, 6.07) is 0. The van der Waals surface area contributed by atoms with E-state index in [9.17, 15) is 0 Å². The second kappa shape index (κ2) is 3.66. The molecule has 0 saturated carbocycles.